The van der Waals surface area contributed by atoms with Gasteiger partial charge in [0.2, 0.25) is 0 Å². The van der Waals surface area contributed by atoms with Gasteiger partial charge in [-0.3, -0.25) is 4.79 Å². The Kier molecular flexibility index (Phi) is 5.03. The van der Waals surface area contributed by atoms with E-state index in [4.69, 9.17) is 4.74 Å². The van der Waals surface area contributed by atoms with Crippen LogP contribution in [-0.4, -0.2) is 53.1 Å². The monoisotopic (exact) mass is 422 g/mol. The molecule has 2 aliphatic heterocycles. The number of hydrogen-bond acceptors (Lipinski definition) is 3. The summed E-state index contributed by atoms with van der Waals surface area (Å²) in [5.74, 6) is 0.0255. The molecule has 1 fully saturated rings. The maximum atomic E-state index is 12.1. The molecule has 0 aromatic rings. The van der Waals surface area contributed by atoms with Crippen LogP contribution in [0.2, 0.25) is 0 Å². The van der Waals surface area contributed by atoms with Crippen molar-refractivity contribution in [3.05, 3.63) is 8.96 Å². The van der Waals surface area contributed by atoms with Crippen LogP contribution in [0, 0.1) is 0 Å². The van der Waals surface area contributed by atoms with Crippen molar-refractivity contribution in [2.75, 3.05) is 19.6 Å². The summed E-state index contributed by atoms with van der Waals surface area (Å²) in [6, 6.07) is 0.179. The van der Waals surface area contributed by atoms with Crippen LogP contribution in [-0.2, 0) is 9.53 Å². The molecule has 2 heterocycles. The number of amides is 2. The van der Waals surface area contributed by atoms with Gasteiger partial charge in [0, 0.05) is 23.6 Å². The van der Waals surface area contributed by atoms with E-state index in [9.17, 15) is 9.59 Å². The lowest BCUT2D eigenvalue weighted by Gasteiger charge is -2.37. The maximum Gasteiger partial charge on any atom is 0.410 e. The third kappa shape index (κ3) is 4.00. The van der Waals surface area contributed by atoms with E-state index in [1.807, 2.05) is 25.7 Å². The first kappa shape index (κ1) is 16.8. The molecule has 21 heavy (non-hydrogen) atoms. The molecular weight excluding hydrogens is 404 g/mol. The number of halogens is 2. The first-order valence-electron chi connectivity index (χ1n) is 7.02. The van der Waals surface area contributed by atoms with Gasteiger partial charge in [0.05, 0.1) is 11.0 Å². The van der Waals surface area contributed by atoms with Gasteiger partial charge in [-0.2, -0.15) is 0 Å². The van der Waals surface area contributed by atoms with Gasteiger partial charge < -0.3 is 14.5 Å². The fraction of sp³-hybridized carbons (Fsp3) is 0.714. The molecule has 5 nitrogen and oxygen atoms in total. The van der Waals surface area contributed by atoms with Gasteiger partial charge in [0.25, 0.3) is 5.91 Å². The summed E-state index contributed by atoms with van der Waals surface area (Å²) in [4.78, 5) is 27.7. The Hall–Kier alpha value is -0.560. The number of hydrogen-bond donors (Lipinski definition) is 0. The van der Waals surface area contributed by atoms with Crippen LogP contribution in [0.4, 0.5) is 4.79 Å². The molecule has 0 aromatic carbocycles. The molecule has 0 aromatic heterocycles. The predicted octanol–water partition coefficient (Wildman–Crippen LogP) is 3.23. The molecule has 0 N–H and O–H groups in total. The minimum atomic E-state index is -0.474. The Labute approximate surface area is 141 Å². The van der Waals surface area contributed by atoms with Crippen molar-refractivity contribution in [2.45, 2.75) is 45.3 Å². The normalized spacial score (nSPS) is 21.3. The van der Waals surface area contributed by atoms with Crippen molar-refractivity contribution in [3.63, 3.8) is 0 Å². The lowest BCUT2D eigenvalue weighted by molar-refractivity contribution is -0.127. The molecule has 7 heteroatoms. The van der Waals surface area contributed by atoms with Crippen LogP contribution in [0.1, 0.15) is 33.6 Å². The van der Waals surface area contributed by atoms with Crippen molar-refractivity contribution in [2.24, 2.45) is 0 Å². The average molecular weight is 424 g/mol. The van der Waals surface area contributed by atoms with E-state index in [1.54, 1.807) is 4.90 Å². The van der Waals surface area contributed by atoms with Gasteiger partial charge in [-0.25, -0.2) is 4.79 Å². The summed E-state index contributed by atoms with van der Waals surface area (Å²) >= 11 is 6.71. The Morgan fingerprint density at radius 1 is 1.24 bits per heavy atom. The summed E-state index contributed by atoms with van der Waals surface area (Å²) in [7, 11) is 0. The molecule has 1 saturated heterocycles. The second kappa shape index (κ2) is 6.28. The first-order valence-corrected chi connectivity index (χ1v) is 8.60. The fourth-order valence-corrected chi connectivity index (χ4v) is 3.31. The summed E-state index contributed by atoms with van der Waals surface area (Å²) in [6.07, 6.45) is 1.30. The van der Waals surface area contributed by atoms with Crippen LogP contribution < -0.4 is 0 Å². The number of carbonyl (C=O) groups excluding carboxylic acids is 2. The zero-order valence-electron chi connectivity index (χ0n) is 12.5. The summed E-state index contributed by atoms with van der Waals surface area (Å²) in [5.41, 5.74) is -0.474. The van der Waals surface area contributed by atoms with Crippen LogP contribution in [0.25, 0.3) is 0 Å². The highest BCUT2D eigenvalue weighted by atomic mass is 79.9. The lowest BCUT2D eigenvalue weighted by Crippen LogP contribution is -2.48. The number of rotatable bonds is 1. The van der Waals surface area contributed by atoms with Gasteiger partial charge in [-0.1, -0.05) is 15.9 Å². The Bertz CT molecular complexity index is 477. The molecule has 0 bridgehead atoms. The predicted molar refractivity (Wildman–Crippen MR) is 87.4 cm³/mol. The third-order valence-electron chi connectivity index (χ3n) is 3.55. The number of likely N-dealkylation sites (tertiary alicyclic amines) is 1. The number of carbonyl (C=O) groups is 2. The van der Waals surface area contributed by atoms with Crippen molar-refractivity contribution in [3.8, 4) is 0 Å². The number of ether oxygens (including phenoxy) is 1. The minimum absolute atomic E-state index is 0.0255. The Morgan fingerprint density at radius 2 is 1.81 bits per heavy atom. The van der Waals surface area contributed by atoms with Crippen LogP contribution in [0.3, 0.4) is 0 Å². The second-order valence-electron chi connectivity index (χ2n) is 6.35. The zero-order valence-corrected chi connectivity index (χ0v) is 15.7. The molecule has 2 amide bonds. The highest BCUT2D eigenvalue weighted by molar-refractivity contribution is 9.14. The van der Waals surface area contributed by atoms with Gasteiger partial charge >= 0.3 is 6.09 Å². The Morgan fingerprint density at radius 3 is 2.24 bits per heavy atom. The molecule has 0 radical (unpaired) electrons. The molecule has 118 valence electrons. The minimum Gasteiger partial charge on any atom is -0.444 e. The average Bonchev–Trinajstić information content (AvgIpc) is 2.65. The third-order valence-corrected chi connectivity index (χ3v) is 5.55. The van der Waals surface area contributed by atoms with E-state index in [0.29, 0.717) is 24.1 Å². The largest absolute Gasteiger partial charge is 0.444 e. The van der Waals surface area contributed by atoms with Crippen LogP contribution in [0.5, 0.6) is 0 Å². The van der Waals surface area contributed by atoms with Crippen molar-refractivity contribution in [1.82, 2.24) is 9.80 Å². The molecular formula is C14H20Br2N2O3. The second-order valence-corrected chi connectivity index (χ2v) is 8.10. The first-order chi connectivity index (χ1) is 9.69. The van der Waals surface area contributed by atoms with Crippen LogP contribution >= 0.6 is 31.9 Å². The molecule has 2 rings (SSSR count). The topological polar surface area (TPSA) is 49.9 Å². The van der Waals surface area contributed by atoms with E-state index >= 15 is 0 Å². The van der Waals surface area contributed by atoms with Gasteiger partial charge in [0.15, 0.2) is 0 Å². The van der Waals surface area contributed by atoms with E-state index in [1.165, 1.54) is 0 Å². The molecule has 0 unspecified atom stereocenters. The maximum absolute atomic E-state index is 12.1. The molecule has 0 atom stereocenters. The molecule has 0 spiro atoms. The zero-order chi connectivity index (χ0) is 15.8. The standard InChI is InChI=1S/C14H20Br2N2O3/c1-14(2,3)21-13(20)17-6-4-9(5-7-17)18-8-10(15)11(16)12(18)19/h9H,4-8H2,1-3H3. The van der Waals surface area contributed by atoms with E-state index in [-0.39, 0.29) is 18.0 Å². The summed E-state index contributed by atoms with van der Waals surface area (Å²) in [6.45, 7) is 7.44. The quantitative estimate of drug-likeness (QED) is 0.650. The fourth-order valence-electron chi connectivity index (χ4n) is 2.51. The van der Waals surface area contributed by atoms with Crippen molar-refractivity contribution in [1.29, 1.82) is 0 Å². The molecule has 0 aliphatic carbocycles. The SMILES string of the molecule is CC(C)(C)OC(=O)N1CCC(N2CC(Br)=C(Br)C2=O)CC1. The highest BCUT2D eigenvalue weighted by Crippen LogP contribution is 2.32. The molecule has 2 aliphatic rings. The highest BCUT2D eigenvalue weighted by Gasteiger charge is 2.36. The summed E-state index contributed by atoms with van der Waals surface area (Å²) in [5, 5.41) is 0. The smallest absolute Gasteiger partial charge is 0.410 e. The number of nitrogens with zero attached hydrogens (tertiary/aromatic N) is 2. The van der Waals surface area contributed by atoms with Gasteiger partial charge in [-0.05, 0) is 49.5 Å². The van der Waals surface area contributed by atoms with Gasteiger partial charge in [0.1, 0.15) is 5.60 Å². The Balaban J connectivity index is 1.87. The van der Waals surface area contributed by atoms with Crippen molar-refractivity contribution < 1.29 is 14.3 Å². The van der Waals surface area contributed by atoms with E-state index in [2.05, 4.69) is 31.9 Å². The lowest BCUT2D eigenvalue weighted by atomic mass is 10.0. The molecule has 0 saturated carbocycles. The van der Waals surface area contributed by atoms with Crippen molar-refractivity contribution >= 4 is 43.9 Å². The van der Waals surface area contributed by atoms with Gasteiger partial charge in [-0.15, -0.1) is 0 Å². The van der Waals surface area contributed by atoms with E-state index < -0.39 is 5.60 Å². The summed E-state index contributed by atoms with van der Waals surface area (Å²) < 4.78 is 6.88. The number of piperidine rings is 1. The van der Waals surface area contributed by atoms with Crippen LogP contribution in [0.15, 0.2) is 8.96 Å². The van der Waals surface area contributed by atoms with E-state index in [0.717, 1.165) is 17.3 Å².